The number of fused-ring (bicyclic) bond motifs is 1. The van der Waals surface area contributed by atoms with Crippen LogP contribution in [0.2, 0.25) is 5.02 Å². The van der Waals surface area contributed by atoms with E-state index in [2.05, 4.69) is 0 Å². The molecule has 0 radical (unpaired) electrons. The van der Waals surface area contributed by atoms with Gasteiger partial charge < -0.3 is 9.64 Å². The first-order valence-electron chi connectivity index (χ1n) is 7.60. The highest BCUT2D eigenvalue weighted by Gasteiger charge is 2.34. The van der Waals surface area contributed by atoms with Crippen LogP contribution in [0, 0.1) is 6.92 Å². The number of halogens is 1. The predicted molar refractivity (Wildman–Crippen MR) is 98.0 cm³/mol. The number of aryl methyl sites for hydroxylation is 1. The summed E-state index contributed by atoms with van der Waals surface area (Å²) in [6.07, 6.45) is 1.85. The van der Waals surface area contributed by atoms with Gasteiger partial charge in [0.2, 0.25) is 0 Å². The minimum absolute atomic E-state index is 0.0643. The number of methoxy groups -OCH3 is 1. The summed E-state index contributed by atoms with van der Waals surface area (Å²) in [5, 5.41) is 0.489. The summed E-state index contributed by atoms with van der Waals surface area (Å²) >= 11 is 6.32. The molecule has 24 heavy (non-hydrogen) atoms. The zero-order valence-electron chi connectivity index (χ0n) is 14.1. The van der Waals surface area contributed by atoms with E-state index in [-0.39, 0.29) is 5.91 Å². The summed E-state index contributed by atoms with van der Waals surface area (Å²) in [5.74, 6) is 0.565. The highest BCUT2D eigenvalue weighted by atomic mass is 35.5. The summed E-state index contributed by atoms with van der Waals surface area (Å²) in [6, 6.07) is 11.4. The quantitative estimate of drug-likeness (QED) is 0.782. The van der Waals surface area contributed by atoms with Crippen molar-refractivity contribution in [1.29, 1.82) is 0 Å². The maximum Gasteiger partial charge on any atom is 0.265 e. The average molecular weight is 343 g/mol. The van der Waals surface area contributed by atoms with E-state index in [9.17, 15) is 4.79 Å². The normalized spacial score (nSPS) is 15.0. The van der Waals surface area contributed by atoms with Gasteiger partial charge in [-0.05, 0) is 30.7 Å². The topological polar surface area (TPSA) is 32.8 Å². The summed E-state index contributed by atoms with van der Waals surface area (Å²) < 4.78 is 5.31. The van der Waals surface area contributed by atoms with Gasteiger partial charge in [-0.1, -0.05) is 29.8 Å². The largest absolute Gasteiger partial charge is 0.495 e. The van der Waals surface area contributed by atoms with Crippen molar-refractivity contribution < 1.29 is 9.53 Å². The second-order valence-electron chi connectivity index (χ2n) is 5.94. The third kappa shape index (κ3) is 2.63. The number of carbonyl (C=O) groups is 1. The monoisotopic (exact) mass is 342 g/mol. The molecule has 3 rings (SSSR count). The molecule has 1 heterocycles. The Morgan fingerprint density at radius 1 is 1.21 bits per heavy atom. The van der Waals surface area contributed by atoms with E-state index >= 15 is 0 Å². The van der Waals surface area contributed by atoms with E-state index in [0.717, 1.165) is 22.5 Å². The van der Waals surface area contributed by atoms with Gasteiger partial charge in [-0.25, -0.2) is 0 Å². The Hall–Kier alpha value is -2.46. The Bertz CT molecular complexity index is 820. The number of carbonyl (C=O) groups excluding carboxylic acids is 1. The SMILES string of the molecule is COc1c(C)cc(N2C(=O)/C(=C\N(C)C)c3ccccc32)cc1Cl. The Balaban J connectivity index is 2.18. The van der Waals surface area contributed by atoms with E-state index in [4.69, 9.17) is 16.3 Å². The Morgan fingerprint density at radius 2 is 1.92 bits per heavy atom. The van der Waals surface area contributed by atoms with Crippen molar-refractivity contribution >= 4 is 34.5 Å². The van der Waals surface area contributed by atoms with Crippen molar-refractivity contribution in [1.82, 2.24) is 4.90 Å². The number of hydrogen-bond donors (Lipinski definition) is 0. The molecule has 124 valence electrons. The van der Waals surface area contributed by atoms with Crippen LogP contribution in [-0.4, -0.2) is 32.0 Å². The molecular formula is C19H19ClN2O2. The molecule has 0 aromatic heterocycles. The van der Waals surface area contributed by atoms with Gasteiger partial charge in [0.1, 0.15) is 5.75 Å². The molecule has 0 fully saturated rings. The summed E-state index contributed by atoms with van der Waals surface area (Å²) in [4.78, 5) is 16.6. The highest BCUT2D eigenvalue weighted by molar-refractivity contribution is 6.36. The van der Waals surface area contributed by atoms with Gasteiger partial charge in [0, 0.05) is 25.9 Å². The summed E-state index contributed by atoms with van der Waals surface area (Å²) in [6.45, 7) is 1.91. The molecule has 0 N–H and O–H groups in total. The van der Waals surface area contributed by atoms with E-state index in [0.29, 0.717) is 16.3 Å². The molecule has 0 atom stereocenters. The Morgan fingerprint density at radius 3 is 2.54 bits per heavy atom. The number of amides is 1. The summed E-state index contributed by atoms with van der Waals surface area (Å²) in [5.41, 5.74) is 4.06. The van der Waals surface area contributed by atoms with Crippen molar-refractivity contribution in [2.45, 2.75) is 6.92 Å². The summed E-state index contributed by atoms with van der Waals surface area (Å²) in [7, 11) is 5.39. The molecular weight excluding hydrogens is 324 g/mol. The second kappa shape index (κ2) is 6.21. The van der Waals surface area contributed by atoms with Gasteiger partial charge in [-0.15, -0.1) is 0 Å². The molecule has 1 aliphatic heterocycles. The van der Waals surface area contributed by atoms with Crippen LogP contribution in [-0.2, 0) is 4.79 Å². The number of nitrogens with zero attached hydrogens (tertiary/aromatic N) is 2. The molecule has 0 saturated carbocycles. The number of para-hydroxylation sites is 1. The fourth-order valence-corrected chi connectivity index (χ4v) is 3.32. The number of hydrogen-bond acceptors (Lipinski definition) is 3. The van der Waals surface area contributed by atoms with Crippen molar-refractivity contribution in [2.75, 3.05) is 26.1 Å². The lowest BCUT2D eigenvalue weighted by Crippen LogP contribution is -2.21. The van der Waals surface area contributed by atoms with Gasteiger partial charge in [0.05, 0.1) is 29.1 Å². The first kappa shape index (κ1) is 16.4. The first-order chi connectivity index (χ1) is 11.4. The minimum atomic E-state index is -0.0643. The third-order valence-corrected chi connectivity index (χ3v) is 4.21. The van der Waals surface area contributed by atoms with Crippen molar-refractivity contribution in [3.8, 4) is 5.75 Å². The Labute approximate surface area is 146 Å². The lowest BCUT2D eigenvalue weighted by Gasteiger charge is -2.19. The van der Waals surface area contributed by atoms with E-state index in [1.807, 2.05) is 62.5 Å². The minimum Gasteiger partial charge on any atom is -0.495 e. The van der Waals surface area contributed by atoms with E-state index in [1.165, 1.54) is 0 Å². The zero-order valence-corrected chi connectivity index (χ0v) is 14.9. The highest BCUT2D eigenvalue weighted by Crippen LogP contribution is 2.43. The van der Waals surface area contributed by atoms with Crippen LogP contribution in [0.25, 0.3) is 5.57 Å². The molecule has 1 amide bonds. The molecule has 5 heteroatoms. The maximum absolute atomic E-state index is 13.0. The lowest BCUT2D eigenvalue weighted by molar-refractivity contribution is -0.112. The van der Waals surface area contributed by atoms with Crippen LogP contribution in [0.4, 0.5) is 11.4 Å². The predicted octanol–water partition coefficient (Wildman–Crippen LogP) is 4.24. The van der Waals surface area contributed by atoms with Crippen LogP contribution in [0.3, 0.4) is 0 Å². The molecule has 0 unspecified atom stereocenters. The third-order valence-electron chi connectivity index (χ3n) is 3.93. The lowest BCUT2D eigenvalue weighted by atomic mass is 10.1. The molecule has 1 aliphatic rings. The van der Waals surface area contributed by atoms with Crippen molar-refractivity contribution in [2.24, 2.45) is 0 Å². The van der Waals surface area contributed by atoms with Crippen molar-refractivity contribution in [3.05, 3.63) is 58.7 Å². The molecule has 2 aromatic carbocycles. The van der Waals surface area contributed by atoms with Gasteiger partial charge >= 0.3 is 0 Å². The molecule has 0 bridgehead atoms. The van der Waals surface area contributed by atoms with Crippen LogP contribution in [0.15, 0.2) is 42.6 Å². The van der Waals surface area contributed by atoms with Gasteiger partial charge in [0.25, 0.3) is 5.91 Å². The van der Waals surface area contributed by atoms with E-state index in [1.54, 1.807) is 18.1 Å². The van der Waals surface area contributed by atoms with Gasteiger partial charge in [-0.3, -0.25) is 9.69 Å². The smallest absolute Gasteiger partial charge is 0.265 e. The number of benzene rings is 2. The van der Waals surface area contributed by atoms with Crippen LogP contribution in [0.5, 0.6) is 5.75 Å². The number of rotatable bonds is 3. The zero-order chi connectivity index (χ0) is 17.4. The van der Waals surface area contributed by atoms with Crippen LogP contribution in [0.1, 0.15) is 11.1 Å². The van der Waals surface area contributed by atoms with Crippen molar-refractivity contribution in [3.63, 3.8) is 0 Å². The molecule has 0 aliphatic carbocycles. The maximum atomic E-state index is 13.0. The fourth-order valence-electron chi connectivity index (χ4n) is 2.98. The average Bonchev–Trinajstić information content (AvgIpc) is 2.79. The van der Waals surface area contributed by atoms with Gasteiger partial charge in [0.15, 0.2) is 0 Å². The number of ether oxygens (including phenoxy) is 1. The number of anilines is 2. The molecule has 0 spiro atoms. The molecule has 0 saturated heterocycles. The van der Waals surface area contributed by atoms with Gasteiger partial charge in [-0.2, -0.15) is 0 Å². The second-order valence-corrected chi connectivity index (χ2v) is 6.35. The fraction of sp³-hybridized carbons (Fsp3) is 0.211. The first-order valence-corrected chi connectivity index (χ1v) is 7.98. The van der Waals surface area contributed by atoms with Crippen LogP contribution >= 0.6 is 11.6 Å². The standard InChI is InChI=1S/C19H19ClN2O2/c1-12-9-13(10-16(20)18(12)24-4)22-17-8-6-5-7-14(17)15(19(22)23)11-21(2)3/h5-11H,1-4H3/b15-11-. The molecule has 4 nitrogen and oxygen atoms in total. The Kier molecular flexibility index (Phi) is 4.24. The van der Waals surface area contributed by atoms with Crippen LogP contribution < -0.4 is 9.64 Å². The van der Waals surface area contributed by atoms with E-state index < -0.39 is 0 Å². The molecule has 2 aromatic rings.